The highest BCUT2D eigenvalue weighted by Crippen LogP contribution is 2.26. The van der Waals surface area contributed by atoms with Gasteiger partial charge in [-0.15, -0.1) is 10.2 Å². The number of nitrogens with zero attached hydrogens (tertiary/aromatic N) is 5. The lowest BCUT2D eigenvalue weighted by atomic mass is 10.1. The molecule has 0 aliphatic rings. The first kappa shape index (κ1) is 17.8. The van der Waals surface area contributed by atoms with E-state index in [1.54, 1.807) is 12.4 Å². The molecule has 0 bridgehead atoms. The van der Waals surface area contributed by atoms with Gasteiger partial charge >= 0.3 is 0 Å². The number of aryl methyl sites for hydroxylation is 2. The summed E-state index contributed by atoms with van der Waals surface area (Å²) in [6, 6.07) is 13.6. The molecule has 0 fully saturated rings. The van der Waals surface area contributed by atoms with Crippen LogP contribution in [-0.4, -0.2) is 24.9 Å². The molecule has 0 aliphatic carbocycles. The van der Waals surface area contributed by atoms with Crippen LogP contribution in [0.25, 0.3) is 17.1 Å². The number of hydrogen-bond donors (Lipinski definition) is 0. The molecule has 4 rings (SSSR count). The van der Waals surface area contributed by atoms with Gasteiger partial charge in [0.2, 0.25) is 11.7 Å². The molecular formula is C19H16ClN5OS. The van der Waals surface area contributed by atoms with Gasteiger partial charge in [0.05, 0.1) is 11.4 Å². The summed E-state index contributed by atoms with van der Waals surface area (Å²) in [5.41, 5.74) is 4.26. The van der Waals surface area contributed by atoms with Crippen molar-refractivity contribution in [2.45, 2.75) is 24.8 Å². The van der Waals surface area contributed by atoms with Crippen molar-refractivity contribution in [2.24, 2.45) is 0 Å². The second kappa shape index (κ2) is 7.54. The normalized spacial score (nSPS) is 11.1. The molecule has 0 amide bonds. The Morgan fingerprint density at radius 1 is 1.15 bits per heavy atom. The first-order valence-electron chi connectivity index (χ1n) is 8.29. The van der Waals surface area contributed by atoms with Crippen LogP contribution in [-0.2, 0) is 5.75 Å². The molecule has 6 nitrogen and oxygen atoms in total. The highest BCUT2D eigenvalue weighted by atomic mass is 35.5. The van der Waals surface area contributed by atoms with Gasteiger partial charge < -0.3 is 4.52 Å². The quantitative estimate of drug-likeness (QED) is 0.447. The summed E-state index contributed by atoms with van der Waals surface area (Å²) in [7, 11) is 0. The molecule has 0 saturated carbocycles. The minimum absolute atomic E-state index is 0.497. The topological polar surface area (TPSA) is 69.6 Å². The van der Waals surface area contributed by atoms with Crippen molar-refractivity contribution >= 4 is 23.4 Å². The van der Waals surface area contributed by atoms with Crippen LogP contribution in [0.3, 0.4) is 0 Å². The Bertz CT molecular complexity index is 1090. The molecule has 2 aromatic carbocycles. The van der Waals surface area contributed by atoms with Crippen LogP contribution < -0.4 is 0 Å². The van der Waals surface area contributed by atoms with E-state index in [9.17, 15) is 0 Å². The number of thioether (sulfide) groups is 1. The van der Waals surface area contributed by atoms with Gasteiger partial charge in [0, 0.05) is 10.6 Å². The van der Waals surface area contributed by atoms with Crippen LogP contribution in [0.5, 0.6) is 0 Å². The van der Waals surface area contributed by atoms with E-state index in [2.05, 4.69) is 52.4 Å². The highest BCUT2D eigenvalue weighted by molar-refractivity contribution is 7.98. The average molecular weight is 398 g/mol. The molecule has 0 N–H and O–H groups in total. The molecule has 0 unspecified atom stereocenters. The van der Waals surface area contributed by atoms with E-state index in [4.69, 9.17) is 16.1 Å². The number of halogens is 1. The first-order valence-corrected chi connectivity index (χ1v) is 9.65. The zero-order chi connectivity index (χ0) is 18.8. The fourth-order valence-electron chi connectivity index (χ4n) is 2.75. The summed E-state index contributed by atoms with van der Waals surface area (Å²) in [5.74, 6) is 1.53. The summed E-state index contributed by atoms with van der Waals surface area (Å²) < 4.78 is 7.33. The minimum Gasteiger partial charge on any atom is -0.338 e. The van der Waals surface area contributed by atoms with Crippen molar-refractivity contribution in [3.05, 3.63) is 70.8 Å². The lowest BCUT2D eigenvalue weighted by Gasteiger charge is -2.09. The molecule has 2 heterocycles. The van der Waals surface area contributed by atoms with Crippen molar-refractivity contribution < 1.29 is 4.52 Å². The van der Waals surface area contributed by atoms with Gasteiger partial charge in [0.15, 0.2) is 5.16 Å². The van der Waals surface area contributed by atoms with Crippen molar-refractivity contribution in [1.82, 2.24) is 24.9 Å². The molecule has 4 aromatic rings. The van der Waals surface area contributed by atoms with Gasteiger partial charge in [-0.1, -0.05) is 58.3 Å². The summed E-state index contributed by atoms with van der Waals surface area (Å²) in [6.45, 7) is 4.15. The van der Waals surface area contributed by atoms with Crippen LogP contribution >= 0.6 is 23.4 Å². The molecule has 0 aliphatic heterocycles. The SMILES string of the molecule is Cc1ccc(-n2cnnc2SCc2nc(-c3cccc(Cl)c3)no2)c(C)c1. The fourth-order valence-corrected chi connectivity index (χ4v) is 3.70. The third kappa shape index (κ3) is 3.89. The molecule has 136 valence electrons. The average Bonchev–Trinajstić information content (AvgIpc) is 3.29. The van der Waals surface area contributed by atoms with Gasteiger partial charge in [-0.25, -0.2) is 0 Å². The van der Waals surface area contributed by atoms with Gasteiger partial charge in [0.1, 0.15) is 6.33 Å². The van der Waals surface area contributed by atoms with Gasteiger partial charge in [-0.2, -0.15) is 4.98 Å². The molecule has 0 radical (unpaired) electrons. The zero-order valence-corrected chi connectivity index (χ0v) is 16.3. The standard InChI is InChI=1S/C19H16ClN5OS/c1-12-6-7-16(13(2)8-12)25-11-21-23-19(25)27-10-17-22-18(24-26-17)14-4-3-5-15(20)9-14/h3-9,11H,10H2,1-2H3. The van der Waals surface area contributed by atoms with E-state index >= 15 is 0 Å². The van der Waals surface area contributed by atoms with Crippen molar-refractivity contribution in [3.8, 4) is 17.1 Å². The highest BCUT2D eigenvalue weighted by Gasteiger charge is 2.13. The lowest BCUT2D eigenvalue weighted by Crippen LogP contribution is -1.98. The molecule has 0 atom stereocenters. The number of rotatable bonds is 5. The summed E-state index contributed by atoms with van der Waals surface area (Å²) in [4.78, 5) is 4.44. The largest absolute Gasteiger partial charge is 0.338 e. The van der Waals surface area contributed by atoms with Crippen LogP contribution in [0.2, 0.25) is 5.02 Å². The monoisotopic (exact) mass is 397 g/mol. The molecule has 8 heteroatoms. The fraction of sp³-hybridized carbons (Fsp3) is 0.158. The second-order valence-corrected chi connectivity index (χ2v) is 7.46. The van der Waals surface area contributed by atoms with E-state index < -0.39 is 0 Å². The van der Waals surface area contributed by atoms with Gasteiger partial charge in [0.25, 0.3) is 0 Å². The third-order valence-corrected chi connectivity index (χ3v) is 5.17. The zero-order valence-electron chi connectivity index (χ0n) is 14.8. The predicted octanol–water partition coefficient (Wildman–Crippen LogP) is 4.88. The van der Waals surface area contributed by atoms with E-state index in [0.29, 0.717) is 22.5 Å². The number of hydrogen-bond acceptors (Lipinski definition) is 6. The maximum Gasteiger partial charge on any atom is 0.237 e. The number of benzene rings is 2. The minimum atomic E-state index is 0.497. The van der Waals surface area contributed by atoms with E-state index in [-0.39, 0.29) is 0 Å². The van der Waals surface area contributed by atoms with E-state index in [1.807, 2.05) is 22.8 Å². The van der Waals surface area contributed by atoms with E-state index in [0.717, 1.165) is 22.0 Å². The van der Waals surface area contributed by atoms with Crippen LogP contribution in [0.15, 0.2) is 58.5 Å². The maximum atomic E-state index is 6.02. The van der Waals surface area contributed by atoms with Crippen LogP contribution in [0.4, 0.5) is 0 Å². The Hall–Kier alpha value is -2.64. The van der Waals surface area contributed by atoms with Crippen LogP contribution in [0.1, 0.15) is 17.0 Å². The third-order valence-electron chi connectivity index (χ3n) is 4.00. The molecule has 0 saturated heterocycles. The van der Waals surface area contributed by atoms with Crippen molar-refractivity contribution in [2.75, 3.05) is 0 Å². The maximum absolute atomic E-state index is 6.02. The Labute approximate surface area is 165 Å². The Kier molecular flexibility index (Phi) is 4.96. The van der Waals surface area contributed by atoms with Gasteiger partial charge in [-0.3, -0.25) is 4.57 Å². The van der Waals surface area contributed by atoms with Crippen molar-refractivity contribution in [3.63, 3.8) is 0 Å². The number of aromatic nitrogens is 5. The lowest BCUT2D eigenvalue weighted by molar-refractivity contribution is 0.391. The smallest absolute Gasteiger partial charge is 0.237 e. The molecular weight excluding hydrogens is 382 g/mol. The summed E-state index contributed by atoms with van der Waals surface area (Å²) in [5, 5.41) is 13.7. The Morgan fingerprint density at radius 3 is 2.85 bits per heavy atom. The Morgan fingerprint density at radius 2 is 2.04 bits per heavy atom. The second-order valence-electron chi connectivity index (χ2n) is 6.08. The van der Waals surface area contributed by atoms with Crippen molar-refractivity contribution in [1.29, 1.82) is 0 Å². The summed E-state index contributed by atoms with van der Waals surface area (Å²) >= 11 is 7.51. The van der Waals surface area contributed by atoms with Gasteiger partial charge in [-0.05, 0) is 37.6 Å². The van der Waals surface area contributed by atoms with E-state index in [1.165, 1.54) is 17.3 Å². The first-order chi connectivity index (χ1) is 13.1. The molecule has 2 aromatic heterocycles. The summed E-state index contributed by atoms with van der Waals surface area (Å²) in [6.07, 6.45) is 1.71. The van der Waals surface area contributed by atoms with Crippen LogP contribution in [0, 0.1) is 13.8 Å². The predicted molar refractivity (Wildman–Crippen MR) is 105 cm³/mol. The Balaban J connectivity index is 1.51. The molecule has 0 spiro atoms. The molecule has 27 heavy (non-hydrogen) atoms.